The Morgan fingerprint density at radius 2 is 1.84 bits per heavy atom. The van der Waals surface area contributed by atoms with Crippen LogP contribution in [0, 0.1) is 25.6 Å². The van der Waals surface area contributed by atoms with Crippen LogP contribution < -0.4 is 9.64 Å². The van der Waals surface area contributed by atoms with Gasteiger partial charge < -0.3 is 9.64 Å². The molecule has 0 atom stereocenters. The lowest BCUT2D eigenvalue weighted by atomic mass is 9.98. The molecule has 0 bridgehead atoms. The highest BCUT2D eigenvalue weighted by atomic mass is 19.1. The van der Waals surface area contributed by atoms with Crippen molar-refractivity contribution in [3.05, 3.63) is 54.0 Å². The zero-order chi connectivity index (χ0) is 22.1. The Labute approximate surface area is 184 Å². The van der Waals surface area contributed by atoms with Crippen LogP contribution in [0.4, 0.5) is 10.2 Å². The van der Waals surface area contributed by atoms with Crippen molar-refractivity contribution in [3.8, 4) is 11.6 Å². The normalized spacial score (nSPS) is 14.8. The third kappa shape index (κ3) is 3.83. The summed E-state index contributed by atoms with van der Waals surface area (Å²) >= 11 is 0. The number of rotatable bonds is 5. The van der Waals surface area contributed by atoms with E-state index in [0.717, 1.165) is 37.4 Å². The van der Waals surface area contributed by atoms with Crippen LogP contribution in [-0.4, -0.2) is 54.6 Å². The number of fused-ring (bicyclic) bond motifs is 1. The van der Waals surface area contributed by atoms with Gasteiger partial charge in [-0.25, -0.2) is 15.0 Å². The van der Waals surface area contributed by atoms with E-state index >= 15 is 0 Å². The third-order valence-electron chi connectivity index (χ3n) is 5.69. The van der Waals surface area contributed by atoms with Gasteiger partial charge in [0, 0.05) is 13.1 Å². The molecule has 0 unspecified atom stereocenters. The molecule has 0 spiro atoms. The molecule has 1 aliphatic heterocycles. The van der Waals surface area contributed by atoms with Crippen LogP contribution in [-0.2, 0) is 0 Å². The molecule has 10 heteroatoms. The standard InChI is InChI=1S/C22H23FN8O/c1-14-18(23)22(27-15(2)26-14)32-12-16-8-10-30(11-9-16)20-19-21(25-13-24-20)31(29-28-19)17-6-4-3-5-7-17/h3-7,13,16H,8-12H2,1-2H3. The maximum absolute atomic E-state index is 14.2. The molecule has 4 aromatic rings. The number of hydrogen-bond donors (Lipinski definition) is 0. The molecule has 9 nitrogen and oxygen atoms in total. The summed E-state index contributed by atoms with van der Waals surface area (Å²) in [4.78, 5) is 19.2. The van der Waals surface area contributed by atoms with Crippen molar-refractivity contribution >= 4 is 17.0 Å². The van der Waals surface area contributed by atoms with Crippen molar-refractivity contribution in [1.29, 1.82) is 0 Å². The van der Waals surface area contributed by atoms with Gasteiger partial charge in [0.15, 0.2) is 17.0 Å². The Bertz CT molecular complexity index is 1240. The first-order valence-corrected chi connectivity index (χ1v) is 10.6. The topological polar surface area (TPSA) is 94.7 Å². The van der Waals surface area contributed by atoms with Gasteiger partial charge in [0.25, 0.3) is 5.88 Å². The molecule has 0 aliphatic carbocycles. The number of aryl methyl sites for hydroxylation is 2. The molecule has 3 aromatic heterocycles. The van der Waals surface area contributed by atoms with Crippen LogP contribution >= 0.6 is 0 Å². The van der Waals surface area contributed by atoms with E-state index in [2.05, 4.69) is 35.1 Å². The number of halogens is 1. The number of piperidine rings is 1. The van der Waals surface area contributed by atoms with Crippen molar-refractivity contribution in [1.82, 2.24) is 34.9 Å². The molecule has 5 rings (SSSR count). The molecule has 1 saturated heterocycles. The highest BCUT2D eigenvalue weighted by Crippen LogP contribution is 2.27. The molecule has 0 N–H and O–H groups in total. The molecular weight excluding hydrogens is 411 g/mol. The van der Waals surface area contributed by atoms with Crippen LogP contribution in [0.2, 0.25) is 0 Å². The minimum atomic E-state index is -0.488. The van der Waals surface area contributed by atoms with E-state index in [1.54, 1.807) is 24.9 Å². The van der Waals surface area contributed by atoms with Gasteiger partial charge in [-0.2, -0.15) is 14.1 Å². The van der Waals surface area contributed by atoms with E-state index in [9.17, 15) is 4.39 Å². The molecule has 32 heavy (non-hydrogen) atoms. The summed E-state index contributed by atoms with van der Waals surface area (Å²) in [5, 5.41) is 8.65. The van der Waals surface area contributed by atoms with Gasteiger partial charge in [0.05, 0.1) is 18.0 Å². The van der Waals surface area contributed by atoms with Gasteiger partial charge in [0.1, 0.15) is 12.2 Å². The van der Waals surface area contributed by atoms with E-state index < -0.39 is 5.82 Å². The molecule has 0 radical (unpaired) electrons. The monoisotopic (exact) mass is 434 g/mol. The first kappa shape index (κ1) is 20.2. The van der Waals surface area contributed by atoms with E-state index in [-0.39, 0.29) is 5.88 Å². The van der Waals surface area contributed by atoms with Crippen LogP contribution in [0.1, 0.15) is 24.4 Å². The quantitative estimate of drug-likeness (QED) is 0.473. The highest BCUT2D eigenvalue weighted by molar-refractivity contribution is 5.83. The number of aromatic nitrogens is 7. The minimum absolute atomic E-state index is 0.0347. The molecule has 0 saturated carbocycles. The Kier molecular flexibility index (Phi) is 5.34. The molecule has 4 heterocycles. The maximum Gasteiger partial charge on any atom is 0.254 e. The average molecular weight is 434 g/mol. The fraction of sp³-hybridized carbons (Fsp3) is 0.364. The second kappa shape index (κ2) is 8.45. The smallest absolute Gasteiger partial charge is 0.254 e. The average Bonchev–Trinajstić information content (AvgIpc) is 3.26. The zero-order valence-electron chi connectivity index (χ0n) is 17.9. The van der Waals surface area contributed by atoms with E-state index in [0.29, 0.717) is 35.2 Å². The van der Waals surface area contributed by atoms with Gasteiger partial charge >= 0.3 is 0 Å². The molecule has 1 aliphatic rings. The summed E-state index contributed by atoms with van der Waals surface area (Å²) in [7, 11) is 0. The summed E-state index contributed by atoms with van der Waals surface area (Å²) in [5.74, 6) is 1.14. The van der Waals surface area contributed by atoms with E-state index in [4.69, 9.17) is 4.74 Å². The summed E-state index contributed by atoms with van der Waals surface area (Å²) in [5.41, 5.74) is 2.56. The predicted octanol–water partition coefficient (Wildman–Crippen LogP) is 3.05. The fourth-order valence-electron chi connectivity index (χ4n) is 3.98. The zero-order valence-corrected chi connectivity index (χ0v) is 17.9. The minimum Gasteiger partial charge on any atom is -0.475 e. The van der Waals surface area contributed by atoms with Gasteiger partial charge in [-0.15, -0.1) is 5.10 Å². The summed E-state index contributed by atoms with van der Waals surface area (Å²) in [6, 6.07) is 9.79. The predicted molar refractivity (Wildman–Crippen MR) is 116 cm³/mol. The maximum atomic E-state index is 14.2. The van der Waals surface area contributed by atoms with Gasteiger partial charge in [-0.05, 0) is 44.7 Å². The SMILES string of the molecule is Cc1nc(C)c(F)c(OCC2CCN(c3ncnc4c3nnn4-c3ccccc3)CC2)n1. The van der Waals surface area contributed by atoms with Crippen molar-refractivity contribution < 1.29 is 9.13 Å². The molecule has 0 amide bonds. The lowest BCUT2D eigenvalue weighted by Crippen LogP contribution is -2.36. The molecule has 1 aromatic carbocycles. The number of benzene rings is 1. The fourth-order valence-corrected chi connectivity index (χ4v) is 3.98. The van der Waals surface area contributed by atoms with Gasteiger partial charge in [-0.3, -0.25) is 0 Å². The largest absolute Gasteiger partial charge is 0.475 e. The molecule has 164 valence electrons. The van der Waals surface area contributed by atoms with Crippen molar-refractivity contribution in [2.24, 2.45) is 5.92 Å². The van der Waals surface area contributed by atoms with Gasteiger partial charge in [0.2, 0.25) is 5.82 Å². The number of ether oxygens (including phenoxy) is 1. The lowest BCUT2D eigenvalue weighted by Gasteiger charge is -2.32. The number of nitrogens with zero attached hydrogens (tertiary/aromatic N) is 8. The molecule has 1 fully saturated rings. The highest BCUT2D eigenvalue weighted by Gasteiger charge is 2.25. The Balaban J connectivity index is 1.27. The number of para-hydroxylation sites is 1. The van der Waals surface area contributed by atoms with E-state index in [1.807, 2.05) is 30.3 Å². The van der Waals surface area contributed by atoms with Crippen molar-refractivity contribution in [2.45, 2.75) is 26.7 Å². The van der Waals surface area contributed by atoms with Crippen LogP contribution in [0.25, 0.3) is 16.9 Å². The van der Waals surface area contributed by atoms with Crippen molar-refractivity contribution in [2.75, 3.05) is 24.6 Å². The van der Waals surface area contributed by atoms with Crippen LogP contribution in [0.5, 0.6) is 5.88 Å². The Morgan fingerprint density at radius 1 is 1.06 bits per heavy atom. The van der Waals surface area contributed by atoms with Crippen LogP contribution in [0.15, 0.2) is 36.7 Å². The van der Waals surface area contributed by atoms with Gasteiger partial charge in [-0.1, -0.05) is 23.4 Å². The second-order valence-electron chi connectivity index (χ2n) is 7.92. The summed E-state index contributed by atoms with van der Waals surface area (Å²) in [6.07, 6.45) is 3.34. The second-order valence-corrected chi connectivity index (χ2v) is 7.92. The first-order chi connectivity index (χ1) is 15.6. The summed E-state index contributed by atoms with van der Waals surface area (Å²) in [6.45, 7) is 5.36. The van der Waals surface area contributed by atoms with Crippen LogP contribution in [0.3, 0.4) is 0 Å². The van der Waals surface area contributed by atoms with E-state index in [1.165, 1.54) is 0 Å². The first-order valence-electron chi connectivity index (χ1n) is 10.6. The van der Waals surface area contributed by atoms with Crippen molar-refractivity contribution in [3.63, 3.8) is 0 Å². The number of hydrogen-bond acceptors (Lipinski definition) is 8. The lowest BCUT2D eigenvalue weighted by molar-refractivity contribution is 0.206. The molecular formula is C22H23FN8O. The Morgan fingerprint density at radius 3 is 2.62 bits per heavy atom. The third-order valence-corrected chi connectivity index (χ3v) is 5.69. The summed E-state index contributed by atoms with van der Waals surface area (Å²) < 4.78 is 21.6. The number of anilines is 1. The Hall–Kier alpha value is -3.69.